The van der Waals surface area contributed by atoms with Gasteiger partial charge in [-0.3, -0.25) is 4.79 Å². The van der Waals surface area contributed by atoms with Crippen molar-refractivity contribution in [1.82, 2.24) is 14.3 Å². The summed E-state index contributed by atoms with van der Waals surface area (Å²) in [6.07, 6.45) is 0. The Morgan fingerprint density at radius 3 is 2.13 bits per heavy atom. The molecule has 2 heterocycles. The Balaban J connectivity index is 1.57. The van der Waals surface area contributed by atoms with Crippen molar-refractivity contribution in [2.24, 2.45) is 0 Å². The summed E-state index contributed by atoms with van der Waals surface area (Å²) in [5.41, 5.74) is 5.56. The van der Waals surface area contributed by atoms with Crippen molar-refractivity contribution in [2.75, 3.05) is 19.5 Å². The summed E-state index contributed by atoms with van der Waals surface area (Å²) >= 11 is 0. The second-order valence-electron chi connectivity index (χ2n) is 8.81. The van der Waals surface area contributed by atoms with Gasteiger partial charge < -0.3 is 19.4 Å². The summed E-state index contributed by atoms with van der Waals surface area (Å²) in [6, 6.07) is 24.9. The number of methoxy groups -OCH3 is 2. The van der Waals surface area contributed by atoms with Gasteiger partial charge >= 0.3 is 0 Å². The van der Waals surface area contributed by atoms with Gasteiger partial charge in [0.1, 0.15) is 23.1 Å². The molecule has 2 aromatic heterocycles. The Kier molecular flexibility index (Phi) is 6.70. The number of nitrogens with one attached hydrogen (secondary N) is 1. The van der Waals surface area contributed by atoms with Crippen LogP contribution in [0.4, 0.5) is 10.2 Å². The van der Waals surface area contributed by atoms with Crippen LogP contribution in [0.2, 0.25) is 0 Å². The molecule has 7 nitrogen and oxygen atoms in total. The van der Waals surface area contributed by atoms with Crippen LogP contribution in [-0.2, 0) is 0 Å². The summed E-state index contributed by atoms with van der Waals surface area (Å²) in [6.45, 7) is 3.99. The number of carbonyl (C=O) groups is 1. The number of halogens is 1. The Bertz CT molecular complexity index is 1580. The highest BCUT2D eigenvalue weighted by Gasteiger charge is 2.20. The maximum Gasteiger partial charge on any atom is 0.257 e. The molecule has 3 aromatic carbocycles. The van der Waals surface area contributed by atoms with Crippen LogP contribution in [0, 0.1) is 19.7 Å². The Morgan fingerprint density at radius 2 is 1.50 bits per heavy atom. The lowest BCUT2D eigenvalue weighted by molar-refractivity contribution is 0.102. The molecule has 0 unspecified atom stereocenters. The lowest BCUT2D eigenvalue weighted by atomic mass is 10.1. The molecular formula is C30H27FN4O3. The van der Waals surface area contributed by atoms with Gasteiger partial charge in [-0.1, -0.05) is 18.2 Å². The first kappa shape index (κ1) is 24.8. The van der Waals surface area contributed by atoms with Crippen molar-refractivity contribution in [3.05, 3.63) is 108 Å². The lowest BCUT2D eigenvalue weighted by Gasteiger charge is -2.11. The minimum absolute atomic E-state index is 0.285. The first-order valence-corrected chi connectivity index (χ1v) is 12.0. The largest absolute Gasteiger partial charge is 0.497 e. The number of ether oxygens (including phenoxy) is 2. The van der Waals surface area contributed by atoms with Crippen LogP contribution in [0.25, 0.3) is 22.6 Å². The van der Waals surface area contributed by atoms with E-state index >= 15 is 0 Å². The third-order valence-corrected chi connectivity index (χ3v) is 6.36. The van der Waals surface area contributed by atoms with Crippen molar-refractivity contribution in [3.8, 4) is 34.1 Å². The first-order chi connectivity index (χ1) is 18.4. The van der Waals surface area contributed by atoms with Crippen molar-refractivity contribution in [2.45, 2.75) is 13.8 Å². The van der Waals surface area contributed by atoms with E-state index in [4.69, 9.17) is 14.6 Å². The molecule has 0 atom stereocenters. The summed E-state index contributed by atoms with van der Waals surface area (Å²) in [5, 5.41) is 7.87. The summed E-state index contributed by atoms with van der Waals surface area (Å²) in [4.78, 5) is 13.3. The fraction of sp³-hybridized carbons (Fsp3) is 0.133. The van der Waals surface area contributed by atoms with Crippen LogP contribution in [-0.4, -0.2) is 34.5 Å². The van der Waals surface area contributed by atoms with Gasteiger partial charge in [-0.2, -0.15) is 5.10 Å². The number of benzene rings is 3. The van der Waals surface area contributed by atoms with E-state index < -0.39 is 0 Å². The number of anilines is 1. The molecule has 0 aliphatic heterocycles. The molecule has 0 aliphatic rings. The molecule has 0 aliphatic carbocycles. The standard InChI is InChI=1S/C30H27FN4O3/c1-19-14-27(20(2)34(19)23-12-10-22(31)11-13-23)28-18-29(35(33-28)24-8-6-5-7-9-24)32-30(36)21-15-25(37-3)17-26(16-21)38-4/h5-18H,1-4H3,(H,32,36). The van der Waals surface area contributed by atoms with E-state index in [2.05, 4.69) is 9.88 Å². The van der Waals surface area contributed by atoms with Crippen LogP contribution in [0.15, 0.2) is 84.9 Å². The molecule has 192 valence electrons. The number of amides is 1. The Hall–Kier alpha value is -4.85. The molecule has 0 bridgehead atoms. The maximum atomic E-state index is 13.5. The number of rotatable bonds is 7. The van der Waals surface area contributed by atoms with Gasteiger partial charge in [0, 0.05) is 40.3 Å². The molecular weight excluding hydrogens is 483 g/mol. The first-order valence-electron chi connectivity index (χ1n) is 12.0. The highest BCUT2D eigenvalue weighted by Crippen LogP contribution is 2.32. The summed E-state index contributed by atoms with van der Waals surface area (Å²) in [5.74, 6) is 0.916. The zero-order valence-corrected chi connectivity index (χ0v) is 21.5. The average Bonchev–Trinajstić information content (AvgIpc) is 3.49. The van der Waals surface area contributed by atoms with Gasteiger partial charge in [-0.05, 0) is 68.4 Å². The van der Waals surface area contributed by atoms with Crippen molar-refractivity contribution < 1.29 is 18.7 Å². The second-order valence-corrected chi connectivity index (χ2v) is 8.81. The van der Waals surface area contributed by atoms with E-state index in [9.17, 15) is 9.18 Å². The van der Waals surface area contributed by atoms with Gasteiger partial charge in [0.15, 0.2) is 0 Å². The van der Waals surface area contributed by atoms with Crippen molar-refractivity contribution >= 4 is 11.7 Å². The molecule has 0 spiro atoms. The van der Waals surface area contributed by atoms with Crippen LogP contribution < -0.4 is 14.8 Å². The van der Waals surface area contributed by atoms with E-state index in [-0.39, 0.29) is 11.7 Å². The predicted octanol–water partition coefficient (Wildman–Crippen LogP) is 6.36. The Labute approximate surface area is 220 Å². The highest BCUT2D eigenvalue weighted by molar-refractivity contribution is 6.04. The van der Waals surface area contributed by atoms with Crippen LogP contribution in [0.1, 0.15) is 21.7 Å². The minimum atomic E-state index is -0.331. The van der Waals surface area contributed by atoms with Gasteiger partial charge in [-0.15, -0.1) is 0 Å². The Morgan fingerprint density at radius 1 is 0.842 bits per heavy atom. The van der Waals surface area contributed by atoms with E-state index in [0.717, 1.165) is 28.3 Å². The molecule has 1 N–H and O–H groups in total. The fourth-order valence-corrected chi connectivity index (χ4v) is 4.50. The topological polar surface area (TPSA) is 70.3 Å². The zero-order chi connectivity index (χ0) is 26.8. The number of hydrogen-bond donors (Lipinski definition) is 1. The van der Waals surface area contributed by atoms with Crippen LogP contribution in [0.5, 0.6) is 11.5 Å². The minimum Gasteiger partial charge on any atom is -0.497 e. The van der Waals surface area contributed by atoms with Crippen LogP contribution >= 0.6 is 0 Å². The summed E-state index contributed by atoms with van der Waals surface area (Å²) in [7, 11) is 3.07. The molecule has 0 saturated carbocycles. The highest BCUT2D eigenvalue weighted by atomic mass is 19.1. The monoisotopic (exact) mass is 510 g/mol. The van der Waals surface area contributed by atoms with E-state index in [1.54, 1.807) is 35.0 Å². The smallest absolute Gasteiger partial charge is 0.257 e. The van der Waals surface area contributed by atoms with Gasteiger partial charge in [0.05, 0.1) is 25.6 Å². The van der Waals surface area contributed by atoms with E-state index in [1.807, 2.05) is 56.3 Å². The fourth-order valence-electron chi connectivity index (χ4n) is 4.50. The SMILES string of the molecule is COc1cc(OC)cc(C(=O)Nc2cc(-c3cc(C)n(-c4ccc(F)cc4)c3C)nn2-c2ccccc2)c1. The number of nitrogens with zero attached hydrogens (tertiary/aromatic N) is 3. The van der Waals surface area contributed by atoms with Gasteiger partial charge in [0.2, 0.25) is 0 Å². The average molecular weight is 511 g/mol. The second kappa shape index (κ2) is 10.3. The number of aryl methyl sites for hydroxylation is 1. The third-order valence-electron chi connectivity index (χ3n) is 6.36. The molecule has 5 aromatic rings. The van der Waals surface area contributed by atoms with E-state index in [0.29, 0.717) is 28.6 Å². The van der Waals surface area contributed by atoms with Gasteiger partial charge in [0.25, 0.3) is 5.91 Å². The maximum absolute atomic E-state index is 13.5. The molecule has 1 amide bonds. The lowest BCUT2D eigenvalue weighted by Crippen LogP contribution is -2.15. The zero-order valence-electron chi connectivity index (χ0n) is 21.5. The molecule has 8 heteroatoms. The van der Waals surface area contributed by atoms with Crippen molar-refractivity contribution in [1.29, 1.82) is 0 Å². The molecule has 0 saturated heterocycles. The molecule has 0 radical (unpaired) electrons. The summed E-state index contributed by atoms with van der Waals surface area (Å²) < 4.78 is 27.9. The molecule has 5 rings (SSSR count). The van der Waals surface area contributed by atoms with Crippen LogP contribution in [0.3, 0.4) is 0 Å². The number of aromatic nitrogens is 3. The molecule has 38 heavy (non-hydrogen) atoms. The number of carbonyl (C=O) groups excluding carboxylic acids is 1. The third kappa shape index (κ3) is 4.76. The number of hydrogen-bond acceptors (Lipinski definition) is 4. The predicted molar refractivity (Wildman–Crippen MR) is 145 cm³/mol. The van der Waals surface area contributed by atoms with E-state index in [1.165, 1.54) is 26.4 Å². The van der Waals surface area contributed by atoms with Gasteiger partial charge in [-0.25, -0.2) is 9.07 Å². The quantitative estimate of drug-likeness (QED) is 0.277. The molecule has 0 fully saturated rings. The number of para-hydroxylation sites is 1. The van der Waals surface area contributed by atoms with Crippen molar-refractivity contribution in [3.63, 3.8) is 0 Å². The normalized spacial score (nSPS) is 10.9.